The molecule has 8 aliphatic rings. The molecule has 0 amide bonds. The molecule has 2 N–H and O–H groups in total. The minimum atomic E-state index is -0.669. The number of carboxylic acid groups (broad SMARTS) is 1. The molecule has 10 atom stereocenters. The van der Waals surface area contributed by atoms with E-state index in [0.717, 1.165) is 30.6 Å². The topological polar surface area (TPSA) is 65.3 Å². The van der Waals surface area contributed by atoms with Gasteiger partial charge in [-0.05, 0) is 139 Å². The van der Waals surface area contributed by atoms with Crippen LogP contribution in [0.4, 0.5) is 0 Å². The lowest BCUT2D eigenvalue weighted by Crippen LogP contribution is -2.64. The van der Waals surface area contributed by atoms with Gasteiger partial charge < -0.3 is 10.2 Å². The highest BCUT2D eigenvalue weighted by atomic mass is 16.4. The van der Waals surface area contributed by atoms with Gasteiger partial charge in [0.05, 0.1) is 6.10 Å². The number of hydrogen-bond acceptors (Lipinski definition) is 2. The SMILES string of the molecule is C[C@H](CCC(=O)O)[C@H]1CC[C@H]2[C@@H]3[C@@H](O)C[C@@H]4C[C@@H]([n+]5ccc(-c6cc[n+](C78CC9CC(CC(C9)C7)C8)cc6)cc5)CC[C@]4(C)[C@H]3CC[C@]12C. The molecule has 4 bridgehead atoms. The minimum absolute atomic E-state index is 0.203. The van der Waals surface area contributed by atoms with E-state index in [1.54, 1.807) is 0 Å². The zero-order valence-corrected chi connectivity index (χ0v) is 30.5. The molecule has 2 aromatic rings. The Hall–Kier alpha value is -2.27. The molecule has 8 aliphatic carbocycles. The van der Waals surface area contributed by atoms with Gasteiger partial charge in [-0.3, -0.25) is 4.79 Å². The summed E-state index contributed by atoms with van der Waals surface area (Å²) in [6.07, 6.45) is 28.5. The first kappa shape index (κ1) is 32.6. The van der Waals surface area contributed by atoms with Crippen molar-refractivity contribution in [3.05, 3.63) is 49.1 Å². The first-order chi connectivity index (χ1) is 23.5. The second kappa shape index (κ2) is 11.9. The Morgan fingerprint density at radius 1 is 0.796 bits per heavy atom. The van der Waals surface area contributed by atoms with E-state index in [0.29, 0.717) is 52.5 Å². The minimum Gasteiger partial charge on any atom is -0.481 e. The maximum atomic E-state index is 11.9. The number of aliphatic hydroxyl groups excluding tert-OH is 1. The third-order valence-corrected chi connectivity index (χ3v) is 17.2. The number of aromatic nitrogens is 2. The van der Waals surface area contributed by atoms with Crippen molar-refractivity contribution in [2.45, 2.75) is 141 Å². The average Bonchev–Trinajstić information content (AvgIpc) is 3.44. The fraction of sp³-hybridized carbons (Fsp3) is 0.750. The van der Waals surface area contributed by atoms with E-state index in [4.69, 9.17) is 0 Å². The van der Waals surface area contributed by atoms with Crippen LogP contribution in [0.15, 0.2) is 49.1 Å². The number of nitrogens with zero attached hydrogens (tertiary/aromatic N) is 2. The van der Waals surface area contributed by atoms with Crippen molar-refractivity contribution >= 4 is 5.97 Å². The molecule has 2 aromatic heterocycles. The molecule has 0 aliphatic heterocycles. The first-order valence-electron chi connectivity index (χ1n) is 20.5. The maximum Gasteiger partial charge on any atom is 0.303 e. The van der Waals surface area contributed by atoms with E-state index < -0.39 is 5.97 Å². The molecule has 5 heteroatoms. The fourth-order valence-corrected chi connectivity index (χ4v) is 15.2. The molecular weight excluding hydrogens is 604 g/mol. The van der Waals surface area contributed by atoms with E-state index in [-0.39, 0.29) is 17.9 Å². The maximum absolute atomic E-state index is 11.9. The van der Waals surface area contributed by atoms with Crippen molar-refractivity contribution in [1.29, 1.82) is 0 Å². The predicted octanol–water partition coefficient (Wildman–Crippen LogP) is 8.53. The van der Waals surface area contributed by atoms with Gasteiger partial charge in [-0.15, -0.1) is 0 Å². The van der Waals surface area contributed by atoms with Crippen LogP contribution >= 0.6 is 0 Å². The van der Waals surface area contributed by atoms with Gasteiger partial charge in [-0.25, -0.2) is 4.57 Å². The van der Waals surface area contributed by atoms with Gasteiger partial charge in [-0.1, -0.05) is 20.8 Å². The molecule has 2 heterocycles. The van der Waals surface area contributed by atoms with Crippen molar-refractivity contribution in [1.82, 2.24) is 0 Å². The Morgan fingerprint density at radius 2 is 1.39 bits per heavy atom. The number of carbonyl (C=O) groups is 1. The van der Waals surface area contributed by atoms with Crippen LogP contribution in [0.25, 0.3) is 11.1 Å². The summed E-state index contributed by atoms with van der Waals surface area (Å²) < 4.78 is 5.09. The molecule has 0 radical (unpaired) electrons. The first-order valence-corrected chi connectivity index (χ1v) is 20.5. The van der Waals surface area contributed by atoms with E-state index in [1.165, 1.54) is 94.6 Å². The van der Waals surface area contributed by atoms with Gasteiger partial charge in [0.1, 0.15) is 0 Å². The molecule has 0 unspecified atom stereocenters. The standard InChI is InChI=1S/C44H61N2O3/c1-28(4-7-40(48)49)36-5-6-37-41-38(9-15-43(36,37)3)42(2)14-8-35(23-34(42)24-39(41)47)45-16-10-32(11-17-45)33-12-18-46(19-13-33)44-25-29-20-30(26-44)22-31(21-29)27-44/h10-13,16-19,28-31,34-39,41,47H,4-9,14-15,20-27H2,1-3H3/q+1/p+1/t28-,29?,30?,31?,34+,35+,36-,37+,38+,39+,41+,42+,43-,44?/m1/s1. The monoisotopic (exact) mass is 666 g/mol. The van der Waals surface area contributed by atoms with Crippen LogP contribution in [0.3, 0.4) is 0 Å². The van der Waals surface area contributed by atoms with Crippen molar-refractivity contribution in [3.8, 4) is 11.1 Å². The summed E-state index contributed by atoms with van der Waals surface area (Å²) in [5, 5.41) is 21.2. The summed E-state index contributed by atoms with van der Waals surface area (Å²) in [7, 11) is 0. The highest BCUT2D eigenvalue weighted by molar-refractivity contribution is 5.66. The van der Waals surface area contributed by atoms with Gasteiger partial charge in [0.25, 0.3) is 0 Å². The van der Waals surface area contributed by atoms with Crippen LogP contribution in [0, 0.1) is 64.1 Å². The van der Waals surface area contributed by atoms with E-state index in [1.807, 2.05) is 0 Å². The lowest BCUT2D eigenvalue weighted by molar-refractivity contribution is -0.776. The van der Waals surface area contributed by atoms with Crippen LogP contribution in [0.1, 0.15) is 130 Å². The van der Waals surface area contributed by atoms with Crippen LogP contribution in [-0.4, -0.2) is 22.3 Å². The molecule has 264 valence electrons. The van der Waals surface area contributed by atoms with E-state index in [9.17, 15) is 15.0 Å². The van der Waals surface area contributed by atoms with Crippen LogP contribution in [0.2, 0.25) is 0 Å². The van der Waals surface area contributed by atoms with Gasteiger partial charge in [0.2, 0.25) is 0 Å². The Labute approximate surface area is 294 Å². The van der Waals surface area contributed by atoms with Gasteiger partial charge in [0.15, 0.2) is 36.4 Å². The summed E-state index contributed by atoms with van der Waals surface area (Å²) in [5.41, 5.74) is 3.56. The highest BCUT2D eigenvalue weighted by Crippen LogP contribution is 2.69. The zero-order valence-electron chi connectivity index (χ0n) is 30.5. The molecular formula is C44H62N2O3+2. The van der Waals surface area contributed by atoms with Crippen LogP contribution < -0.4 is 9.13 Å². The molecule has 0 spiro atoms. The second-order valence-electron chi connectivity index (χ2n) is 19.5. The largest absolute Gasteiger partial charge is 0.481 e. The van der Waals surface area contributed by atoms with Gasteiger partial charge >= 0.3 is 5.97 Å². The molecule has 10 rings (SSSR count). The molecule has 5 nitrogen and oxygen atoms in total. The fourth-order valence-electron chi connectivity index (χ4n) is 15.2. The lowest BCUT2D eigenvalue weighted by atomic mass is 9.43. The Kier molecular flexibility index (Phi) is 7.92. The Morgan fingerprint density at radius 3 is 2.02 bits per heavy atom. The van der Waals surface area contributed by atoms with Crippen molar-refractivity contribution in [2.24, 2.45) is 64.1 Å². The molecule has 8 fully saturated rings. The number of pyridine rings is 2. The lowest BCUT2D eigenvalue weighted by Gasteiger charge is -2.62. The van der Waals surface area contributed by atoms with Crippen molar-refractivity contribution in [2.75, 3.05) is 0 Å². The molecule has 0 aromatic carbocycles. The molecule has 49 heavy (non-hydrogen) atoms. The Bertz CT molecular complexity index is 1520. The summed E-state index contributed by atoms with van der Waals surface area (Å²) in [6, 6.07) is 9.90. The van der Waals surface area contributed by atoms with Gasteiger partial charge in [-0.2, -0.15) is 4.57 Å². The van der Waals surface area contributed by atoms with Crippen molar-refractivity contribution in [3.63, 3.8) is 0 Å². The molecule has 0 saturated heterocycles. The van der Waals surface area contributed by atoms with Crippen LogP contribution in [-0.2, 0) is 10.3 Å². The average molecular weight is 667 g/mol. The van der Waals surface area contributed by atoms with Crippen molar-refractivity contribution < 1.29 is 24.1 Å². The summed E-state index contributed by atoms with van der Waals surface area (Å²) in [6.45, 7) is 7.41. The summed E-state index contributed by atoms with van der Waals surface area (Å²) >= 11 is 0. The Balaban J connectivity index is 0.866. The third-order valence-electron chi connectivity index (χ3n) is 17.2. The smallest absolute Gasteiger partial charge is 0.303 e. The summed E-state index contributed by atoms with van der Waals surface area (Å²) in [4.78, 5) is 11.3. The van der Waals surface area contributed by atoms with E-state index in [2.05, 4.69) is 79.0 Å². The quantitative estimate of drug-likeness (QED) is 0.291. The number of rotatable bonds is 7. The predicted molar refractivity (Wildman–Crippen MR) is 190 cm³/mol. The second-order valence-corrected chi connectivity index (χ2v) is 19.5. The highest BCUT2D eigenvalue weighted by Gasteiger charge is 2.63. The normalized spacial score (nSPS) is 45.7. The summed E-state index contributed by atoms with van der Waals surface area (Å²) in [5.74, 6) is 5.42. The van der Waals surface area contributed by atoms with E-state index >= 15 is 0 Å². The zero-order chi connectivity index (χ0) is 33.7. The number of hydrogen-bond donors (Lipinski definition) is 2. The number of aliphatic hydroxyl groups is 1. The number of aliphatic carboxylic acids is 1. The third kappa shape index (κ3) is 5.28. The number of fused-ring (bicyclic) bond motifs is 5. The van der Waals surface area contributed by atoms with Crippen LogP contribution in [0.5, 0.6) is 0 Å². The number of carboxylic acids is 1. The molecule has 8 saturated carbocycles. The van der Waals surface area contributed by atoms with Gasteiger partial charge in [0, 0.05) is 62.8 Å².